The summed E-state index contributed by atoms with van der Waals surface area (Å²) >= 11 is 0. The minimum absolute atomic E-state index is 1.10. The molecular weight excluding hydrogens is 302 g/mol. The maximum absolute atomic E-state index is 4.06. The highest BCUT2D eigenvalue weighted by molar-refractivity contribution is 6.17. The predicted molar refractivity (Wildman–Crippen MR) is 117 cm³/mol. The summed E-state index contributed by atoms with van der Waals surface area (Å²) in [6.07, 6.45) is 9.91. The number of para-hydroxylation sites is 1. The number of allylic oxidation sites excluding steroid dienone is 1. The van der Waals surface area contributed by atoms with Gasteiger partial charge in [0.2, 0.25) is 16.0 Å². The summed E-state index contributed by atoms with van der Waals surface area (Å²) in [4.78, 5) is 0. The van der Waals surface area contributed by atoms with Gasteiger partial charge in [-0.05, 0) is 25.1 Å². The molecule has 0 radical (unpaired) electrons. The molecule has 0 saturated carbocycles. The molecule has 0 unspecified atom stereocenters. The summed E-state index contributed by atoms with van der Waals surface area (Å²) in [7, 11) is 4.16. The maximum atomic E-state index is 4.06. The molecule has 4 heteroatoms. The molecule has 0 bridgehead atoms. The van der Waals surface area contributed by atoms with E-state index in [9.17, 15) is 0 Å². The fraction of sp³-hybridized carbons (Fsp3) is 0.0476. The summed E-state index contributed by atoms with van der Waals surface area (Å²) in [5.41, 5.74) is 5.77. The second-order valence-electron chi connectivity index (χ2n) is 6.05. The van der Waals surface area contributed by atoms with Crippen LogP contribution in [0.1, 0.15) is 18.3 Å². The Labute approximate surface area is 150 Å². The van der Waals surface area contributed by atoms with E-state index in [0.717, 1.165) is 22.0 Å². The van der Waals surface area contributed by atoms with Gasteiger partial charge in [0.15, 0.2) is 0 Å². The average Bonchev–Trinajstić information content (AvgIpc) is 3.06. The van der Waals surface area contributed by atoms with E-state index in [1.54, 1.807) is 0 Å². The molecule has 25 heavy (non-hydrogen) atoms. The molecule has 0 saturated heterocycles. The van der Waals surface area contributed by atoms with Crippen LogP contribution in [-0.4, -0.2) is 24.9 Å². The molecule has 0 aliphatic heterocycles. The van der Waals surface area contributed by atoms with Gasteiger partial charge < -0.3 is 8.96 Å². The molecule has 3 rings (SSSR count). The molecule has 0 amide bonds. The largest absolute Gasteiger partial charge is 0.393 e. The van der Waals surface area contributed by atoms with Crippen LogP contribution in [0, 0.1) is 0 Å². The summed E-state index contributed by atoms with van der Waals surface area (Å²) in [6, 6.07) is 8.47. The first-order chi connectivity index (χ1) is 12.1. The Kier molecular flexibility index (Phi) is 4.45. The van der Waals surface area contributed by atoms with Gasteiger partial charge in [-0.3, -0.25) is 0 Å². The number of benzene rings is 1. The Morgan fingerprint density at radius 2 is 1.56 bits per heavy atom. The Morgan fingerprint density at radius 1 is 0.920 bits per heavy atom. The fourth-order valence-corrected chi connectivity index (χ4v) is 3.80. The molecule has 0 fully saturated rings. The molecule has 2 heterocycles. The molecule has 2 aromatic heterocycles. The van der Waals surface area contributed by atoms with Crippen LogP contribution in [-0.2, 0) is 0 Å². The summed E-state index contributed by atoms with van der Waals surface area (Å²) in [6.45, 7) is 14.1. The van der Waals surface area contributed by atoms with Gasteiger partial charge >= 0.3 is 0 Å². The van der Waals surface area contributed by atoms with E-state index in [4.69, 9.17) is 0 Å². The lowest BCUT2D eigenvalue weighted by atomic mass is 9.99. The van der Waals surface area contributed by atoms with Crippen molar-refractivity contribution in [3.8, 4) is 11.1 Å². The monoisotopic (exact) mass is 324 g/mol. The highest BCUT2D eigenvalue weighted by atomic mass is 14.9. The number of aromatic nitrogens is 2. The molecule has 1 aromatic carbocycles. The van der Waals surface area contributed by atoms with Crippen LogP contribution in [0.3, 0.4) is 0 Å². The van der Waals surface area contributed by atoms with Crippen molar-refractivity contribution in [1.82, 2.24) is 8.96 Å². The van der Waals surface area contributed by atoms with Crippen LogP contribution >= 0.6 is 0 Å². The highest BCUT2D eigenvalue weighted by Gasteiger charge is 2.20. The molecule has 0 atom stereocenters. The molecule has 3 aromatic rings. The van der Waals surface area contributed by atoms with Crippen LogP contribution in [0.15, 0.2) is 50.1 Å². The van der Waals surface area contributed by atoms with Crippen LogP contribution in [0.2, 0.25) is 0 Å². The zero-order chi connectivity index (χ0) is 18.1. The van der Waals surface area contributed by atoms with E-state index in [0.29, 0.717) is 0 Å². The van der Waals surface area contributed by atoms with E-state index in [-0.39, 0.29) is 0 Å². The predicted octanol–water partition coefficient (Wildman–Crippen LogP) is 1.96. The summed E-state index contributed by atoms with van der Waals surface area (Å²) < 4.78 is 4.39. The minimum Gasteiger partial charge on any atom is -0.393 e. The number of hydrogen-bond acceptors (Lipinski definition) is 0. The van der Waals surface area contributed by atoms with Crippen LogP contribution < -0.4 is 10.6 Å². The standard InChI is InChI=1S/C21H22B2N2/c1-5-11-14-16(6-2)24(22)17(7-3)20(14)21-15-12-9-10-13-19(15)25(23)18(21)8-4/h5-13H,1,3-4,22-23H2,2H3/b14-11+,16-6+. The molecule has 0 N–H and O–H groups in total. The topological polar surface area (TPSA) is 9.86 Å². The smallest absolute Gasteiger partial charge is 0.223 e. The zero-order valence-corrected chi connectivity index (χ0v) is 15.2. The van der Waals surface area contributed by atoms with Gasteiger partial charge in [-0.15, -0.1) is 0 Å². The average molecular weight is 324 g/mol. The van der Waals surface area contributed by atoms with Gasteiger partial charge in [0, 0.05) is 44.0 Å². The zero-order valence-electron chi connectivity index (χ0n) is 15.2. The van der Waals surface area contributed by atoms with E-state index in [2.05, 4.69) is 88.0 Å². The van der Waals surface area contributed by atoms with Gasteiger partial charge in [0.1, 0.15) is 0 Å². The minimum atomic E-state index is 1.10. The van der Waals surface area contributed by atoms with E-state index in [1.807, 2.05) is 18.2 Å². The number of nitrogens with zero attached hydrogens (tertiary/aromatic N) is 2. The Morgan fingerprint density at radius 3 is 2.16 bits per heavy atom. The third-order valence-electron chi connectivity index (χ3n) is 4.87. The van der Waals surface area contributed by atoms with Gasteiger partial charge in [-0.2, -0.15) is 0 Å². The van der Waals surface area contributed by atoms with Crippen LogP contribution in [0.4, 0.5) is 0 Å². The first-order valence-electron chi connectivity index (χ1n) is 8.41. The SMILES string of the molecule is Bn1c(C=C)c(-c2c(C=C)n(B)c3ccccc23)c(=C/C=C)/c1=C\C. The molecule has 122 valence electrons. The normalized spacial score (nSPS) is 12.7. The molecule has 0 aliphatic rings. The van der Waals surface area contributed by atoms with E-state index >= 15 is 0 Å². The lowest BCUT2D eigenvalue weighted by Gasteiger charge is -2.06. The van der Waals surface area contributed by atoms with Crippen molar-refractivity contribution in [2.24, 2.45) is 0 Å². The van der Waals surface area contributed by atoms with Crippen LogP contribution in [0.5, 0.6) is 0 Å². The number of fused-ring (bicyclic) bond motifs is 1. The fourth-order valence-electron chi connectivity index (χ4n) is 3.80. The second kappa shape index (κ2) is 6.56. The van der Waals surface area contributed by atoms with Gasteiger partial charge in [0.05, 0.1) is 0 Å². The third-order valence-corrected chi connectivity index (χ3v) is 4.87. The van der Waals surface area contributed by atoms with Crippen molar-refractivity contribution >= 4 is 51.2 Å². The first kappa shape index (κ1) is 17.0. The Hall–Kier alpha value is -2.87. The van der Waals surface area contributed by atoms with Crippen molar-refractivity contribution in [3.63, 3.8) is 0 Å². The van der Waals surface area contributed by atoms with Crippen molar-refractivity contribution in [3.05, 3.63) is 72.0 Å². The van der Waals surface area contributed by atoms with Crippen LogP contribution in [0.25, 0.3) is 46.3 Å². The third kappa shape index (κ3) is 2.37. The van der Waals surface area contributed by atoms with Crippen molar-refractivity contribution in [2.75, 3.05) is 0 Å². The molecule has 0 aliphatic carbocycles. The van der Waals surface area contributed by atoms with Gasteiger partial charge in [0.25, 0.3) is 0 Å². The van der Waals surface area contributed by atoms with Crippen molar-refractivity contribution < 1.29 is 0 Å². The molecule has 2 nitrogen and oxygen atoms in total. The van der Waals surface area contributed by atoms with E-state index < -0.39 is 0 Å². The lowest BCUT2D eigenvalue weighted by molar-refractivity contribution is 1.16. The van der Waals surface area contributed by atoms with Gasteiger partial charge in [-0.1, -0.05) is 56.2 Å². The molecule has 0 spiro atoms. The Balaban J connectivity index is 2.66. The maximum Gasteiger partial charge on any atom is 0.223 e. The highest BCUT2D eigenvalue weighted by Crippen LogP contribution is 2.35. The summed E-state index contributed by atoms with van der Waals surface area (Å²) in [5, 5.41) is 3.54. The van der Waals surface area contributed by atoms with E-state index in [1.165, 1.54) is 22.0 Å². The van der Waals surface area contributed by atoms with Crippen molar-refractivity contribution in [2.45, 2.75) is 6.92 Å². The number of rotatable bonds is 4. The molecular formula is C21H22B2N2. The Bertz CT molecular complexity index is 1130. The first-order valence-corrected chi connectivity index (χ1v) is 8.41. The van der Waals surface area contributed by atoms with Crippen molar-refractivity contribution in [1.29, 1.82) is 0 Å². The quantitative estimate of drug-likeness (QED) is 0.650. The second-order valence-corrected chi connectivity index (χ2v) is 6.05. The lowest BCUT2D eigenvalue weighted by Crippen LogP contribution is -2.28. The summed E-state index contributed by atoms with van der Waals surface area (Å²) in [5.74, 6) is 0. The van der Waals surface area contributed by atoms with Gasteiger partial charge in [-0.25, -0.2) is 0 Å². The number of hydrogen-bond donors (Lipinski definition) is 0.